The Morgan fingerprint density at radius 1 is 1.18 bits per heavy atom. The van der Waals surface area contributed by atoms with Gasteiger partial charge in [0.05, 0.1) is 0 Å². The molecule has 0 saturated carbocycles. The molecule has 1 N–H and O–H groups in total. The van der Waals surface area contributed by atoms with E-state index in [9.17, 15) is 4.79 Å². The first kappa shape index (κ1) is 17.5. The second-order valence-electron chi connectivity index (χ2n) is 8.08. The molecule has 4 heteroatoms. The second-order valence-corrected chi connectivity index (χ2v) is 8.08. The van der Waals surface area contributed by atoms with Crippen molar-refractivity contribution in [3.05, 3.63) is 74.6 Å². The third-order valence-electron chi connectivity index (χ3n) is 6.44. The zero-order valence-corrected chi connectivity index (χ0v) is 16.5. The lowest BCUT2D eigenvalue weighted by Gasteiger charge is -2.36. The van der Waals surface area contributed by atoms with Crippen molar-refractivity contribution in [2.75, 3.05) is 6.73 Å². The Balaban J connectivity index is 1.57. The lowest BCUT2D eigenvalue weighted by Crippen LogP contribution is -3.12. The molecular formula is C24H26NO3+. The number of hydrogen-bond donors (Lipinski definition) is 1. The van der Waals surface area contributed by atoms with Crippen molar-refractivity contribution in [1.82, 2.24) is 0 Å². The van der Waals surface area contributed by atoms with E-state index in [1.807, 2.05) is 6.92 Å². The highest BCUT2D eigenvalue weighted by Gasteiger charge is 2.33. The summed E-state index contributed by atoms with van der Waals surface area (Å²) in [5, 5.41) is 1.05. The molecule has 2 aromatic carbocycles. The molecule has 1 aliphatic carbocycles. The van der Waals surface area contributed by atoms with Gasteiger partial charge < -0.3 is 9.15 Å². The topological polar surface area (TPSA) is 43.9 Å². The number of quaternary nitrogens is 1. The van der Waals surface area contributed by atoms with Gasteiger partial charge in [-0.2, -0.15) is 0 Å². The molecule has 0 spiro atoms. The zero-order chi connectivity index (χ0) is 19.3. The van der Waals surface area contributed by atoms with Crippen LogP contribution < -0.4 is 15.3 Å². The molecule has 0 saturated heterocycles. The van der Waals surface area contributed by atoms with Gasteiger partial charge in [-0.3, -0.25) is 4.90 Å². The molecule has 0 amide bonds. The maximum atomic E-state index is 11.9. The van der Waals surface area contributed by atoms with E-state index in [0.29, 0.717) is 18.4 Å². The molecule has 5 rings (SSSR count). The minimum absolute atomic E-state index is 0.283. The van der Waals surface area contributed by atoms with Crippen molar-refractivity contribution in [3.63, 3.8) is 0 Å². The van der Waals surface area contributed by atoms with Crippen LogP contribution in [0.5, 0.6) is 5.75 Å². The summed E-state index contributed by atoms with van der Waals surface area (Å²) in [7, 11) is 0. The summed E-state index contributed by atoms with van der Waals surface area (Å²) in [6, 6.07) is 13.2. The smallest absolute Gasteiger partial charge is 0.336 e. The molecular weight excluding hydrogens is 350 g/mol. The van der Waals surface area contributed by atoms with Gasteiger partial charge in [-0.15, -0.1) is 0 Å². The van der Waals surface area contributed by atoms with Gasteiger partial charge in [-0.05, 0) is 43.4 Å². The Labute approximate surface area is 164 Å². The molecule has 2 heterocycles. The lowest BCUT2D eigenvalue weighted by molar-refractivity contribution is -0.963. The summed E-state index contributed by atoms with van der Waals surface area (Å²) in [6.07, 6.45) is 4.43. The van der Waals surface area contributed by atoms with Crippen molar-refractivity contribution in [3.8, 4) is 5.75 Å². The molecule has 1 unspecified atom stereocenters. The van der Waals surface area contributed by atoms with Gasteiger partial charge in [0.15, 0.2) is 0 Å². The molecule has 1 aromatic heterocycles. The maximum Gasteiger partial charge on any atom is 0.336 e. The molecule has 2 atom stereocenters. The van der Waals surface area contributed by atoms with Crippen molar-refractivity contribution < 1.29 is 14.1 Å². The highest BCUT2D eigenvalue weighted by Crippen LogP contribution is 2.35. The van der Waals surface area contributed by atoms with E-state index in [1.54, 1.807) is 6.07 Å². The van der Waals surface area contributed by atoms with E-state index in [4.69, 9.17) is 9.15 Å². The van der Waals surface area contributed by atoms with Gasteiger partial charge in [0, 0.05) is 34.6 Å². The summed E-state index contributed by atoms with van der Waals surface area (Å²) < 4.78 is 11.8. The first-order valence-electron chi connectivity index (χ1n) is 10.3. The number of fused-ring (bicyclic) bond motifs is 3. The van der Waals surface area contributed by atoms with Crippen molar-refractivity contribution in [2.45, 2.75) is 52.1 Å². The normalized spacial score (nSPS) is 21.1. The predicted octanol–water partition coefficient (Wildman–Crippen LogP) is 3.48. The predicted molar refractivity (Wildman–Crippen MR) is 109 cm³/mol. The SMILES string of the molecule is CCc1cc(=O)oc2c(C)c3c(cc12)C[NH+]([C@@H]1CCCc2ccccc21)CO3. The van der Waals surface area contributed by atoms with Gasteiger partial charge in [0.2, 0.25) is 6.73 Å². The van der Waals surface area contributed by atoms with E-state index < -0.39 is 0 Å². The average molecular weight is 376 g/mol. The van der Waals surface area contributed by atoms with Crippen molar-refractivity contribution in [2.24, 2.45) is 0 Å². The summed E-state index contributed by atoms with van der Waals surface area (Å²) in [6.45, 7) is 5.67. The van der Waals surface area contributed by atoms with Crippen LogP contribution in [0.4, 0.5) is 0 Å². The summed E-state index contributed by atoms with van der Waals surface area (Å²) in [4.78, 5) is 13.4. The largest absolute Gasteiger partial charge is 0.444 e. The van der Waals surface area contributed by atoms with E-state index in [2.05, 4.69) is 37.3 Å². The van der Waals surface area contributed by atoms with Crippen LogP contribution in [0.3, 0.4) is 0 Å². The molecule has 2 aliphatic rings. The number of aryl methyl sites for hydroxylation is 3. The highest BCUT2D eigenvalue weighted by molar-refractivity contribution is 5.86. The Morgan fingerprint density at radius 3 is 2.89 bits per heavy atom. The minimum atomic E-state index is -0.283. The van der Waals surface area contributed by atoms with Crippen LogP contribution in [0.25, 0.3) is 11.0 Å². The van der Waals surface area contributed by atoms with Crippen LogP contribution in [0.15, 0.2) is 45.6 Å². The molecule has 0 fully saturated rings. The fourth-order valence-electron chi connectivity index (χ4n) is 5.06. The number of ether oxygens (including phenoxy) is 1. The first-order chi connectivity index (χ1) is 13.7. The molecule has 28 heavy (non-hydrogen) atoms. The Hall–Kier alpha value is -2.59. The minimum Gasteiger partial charge on any atom is -0.444 e. The molecule has 144 valence electrons. The molecule has 1 aliphatic heterocycles. The van der Waals surface area contributed by atoms with E-state index in [-0.39, 0.29) is 5.63 Å². The number of nitrogens with one attached hydrogen (secondary N) is 1. The first-order valence-corrected chi connectivity index (χ1v) is 10.3. The second kappa shape index (κ2) is 6.78. The quantitative estimate of drug-likeness (QED) is 0.697. The maximum absolute atomic E-state index is 11.9. The van der Waals surface area contributed by atoms with Gasteiger partial charge in [-0.1, -0.05) is 31.2 Å². The van der Waals surface area contributed by atoms with Crippen molar-refractivity contribution >= 4 is 11.0 Å². The van der Waals surface area contributed by atoms with Crippen molar-refractivity contribution in [1.29, 1.82) is 0 Å². The van der Waals surface area contributed by atoms with Gasteiger partial charge in [0.25, 0.3) is 0 Å². The van der Waals surface area contributed by atoms with Crippen LogP contribution in [-0.4, -0.2) is 6.73 Å². The monoisotopic (exact) mass is 376 g/mol. The number of hydrogen-bond acceptors (Lipinski definition) is 3. The van der Waals surface area contributed by atoms with E-state index in [1.165, 1.54) is 40.9 Å². The van der Waals surface area contributed by atoms with Crippen LogP contribution in [0.1, 0.15) is 53.6 Å². The molecule has 4 nitrogen and oxygen atoms in total. The zero-order valence-electron chi connectivity index (χ0n) is 16.5. The average Bonchev–Trinajstić information content (AvgIpc) is 2.73. The highest BCUT2D eigenvalue weighted by atomic mass is 16.5. The van der Waals surface area contributed by atoms with Crippen LogP contribution in [-0.2, 0) is 19.4 Å². The van der Waals surface area contributed by atoms with Crippen LogP contribution >= 0.6 is 0 Å². The molecule has 0 radical (unpaired) electrons. The van der Waals surface area contributed by atoms with Gasteiger partial charge in [-0.25, -0.2) is 4.79 Å². The standard InChI is InChI=1S/C24H25NO3/c1-3-16-12-22(26)28-24-15(2)23-18(11-20(16)24)13-25(14-27-23)21-10-6-8-17-7-4-5-9-19(17)21/h4-5,7,9,11-12,21H,3,6,8,10,13-14H2,1-2H3/p+1/t21-/m1/s1. The molecule has 0 bridgehead atoms. The van der Waals surface area contributed by atoms with E-state index >= 15 is 0 Å². The third kappa shape index (κ3) is 2.75. The summed E-state index contributed by atoms with van der Waals surface area (Å²) >= 11 is 0. The van der Waals surface area contributed by atoms with Gasteiger partial charge in [0.1, 0.15) is 23.9 Å². The fourth-order valence-corrected chi connectivity index (χ4v) is 5.06. The third-order valence-corrected chi connectivity index (χ3v) is 6.44. The summed E-state index contributed by atoms with van der Waals surface area (Å²) in [5.41, 5.74) is 6.58. The lowest BCUT2D eigenvalue weighted by atomic mass is 9.86. The summed E-state index contributed by atoms with van der Waals surface area (Å²) in [5.74, 6) is 0.900. The number of rotatable bonds is 2. The molecule has 3 aromatic rings. The van der Waals surface area contributed by atoms with Crippen LogP contribution in [0.2, 0.25) is 0 Å². The van der Waals surface area contributed by atoms with Gasteiger partial charge >= 0.3 is 5.63 Å². The Morgan fingerprint density at radius 2 is 2.04 bits per heavy atom. The van der Waals surface area contributed by atoms with Crippen LogP contribution in [0, 0.1) is 6.92 Å². The van der Waals surface area contributed by atoms with E-state index in [0.717, 1.165) is 35.2 Å². The Kier molecular flexibility index (Phi) is 4.24. The Bertz CT molecular complexity index is 1110. The fraction of sp³-hybridized carbons (Fsp3) is 0.375. The number of benzene rings is 2.